The summed E-state index contributed by atoms with van der Waals surface area (Å²) in [5, 5.41) is 4.10. The second kappa shape index (κ2) is 7.42. The summed E-state index contributed by atoms with van der Waals surface area (Å²) in [6.45, 7) is 2.07. The Kier molecular flexibility index (Phi) is 5.07. The van der Waals surface area contributed by atoms with Crippen LogP contribution in [0.25, 0.3) is 11.1 Å². The number of anilines is 1. The minimum absolute atomic E-state index is 0.101. The second-order valence-corrected chi connectivity index (χ2v) is 6.07. The molecule has 0 aliphatic heterocycles. The Bertz CT molecular complexity index is 874. The minimum Gasteiger partial charge on any atom is -0.458 e. The predicted octanol–water partition coefficient (Wildman–Crippen LogP) is 4.38. The van der Waals surface area contributed by atoms with E-state index in [1.165, 1.54) is 6.26 Å². The molecule has 1 heterocycles. The molecule has 0 saturated carbocycles. The van der Waals surface area contributed by atoms with Crippen LogP contribution < -0.4 is 16.6 Å². The summed E-state index contributed by atoms with van der Waals surface area (Å²) in [7, 11) is 0. The van der Waals surface area contributed by atoms with Crippen molar-refractivity contribution in [1.82, 2.24) is 5.43 Å². The lowest BCUT2D eigenvalue weighted by Crippen LogP contribution is -2.29. The molecule has 2 aromatic carbocycles. The third kappa shape index (κ3) is 3.84. The third-order valence-corrected chi connectivity index (χ3v) is 4.17. The molecule has 1 unspecified atom stereocenters. The van der Waals surface area contributed by atoms with Gasteiger partial charge < -0.3 is 9.73 Å². The largest absolute Gasteiger partial charge is 0.458 e. The molecule has 0 fully saturated rings. The fraction of sp³-hybridized carbons (Fsp3) is 0.105. The number of benzene rings is 2. The summed E-state index contributed by atoms with van der Waals surface area (Å²) in [6, 6.07) is 17.4. The van der Waals surface area contributed by atoms with Crippen LogP contribution in [0.4, 0.5) is 5.69 Å². The Balaban J connectivity index is 1.78. The van der Waals surface area contributed by atoms with Crippen molar-refractivity contribution in [3.05, 3.63) is 77.2 Å². The van der Waals surface area contributed by atoms with Gasteiger partial charge in [0.15, 0.2) is 5.76 Å². The van der Waals surface area contributed by atoms with Gasteiger partial charge in [0.1, 0.15) is 0 Å². The van der Waals surface area contributed by atoms with Gasteiger partial charge in [0.2, 0.25) is 0 Å². The quantitative estimate of drug-likeness (QED) is 0.360. The second-order valence-electron chi connectivity index (χ2n) is 5.64. The number of hydrogen-bond donors (Lipinski definition) is 3. The number of rotatable bonds is 5. The summed E-state index contributed by atoms with van der Waals surface area (Å²) in [5.74, 6) is 4.92. The van der Waals surface area contributed by atoms with E-state index in [4.69, 9.17) is 21.9 Å². The molecule has 0 aliphatic carbocycles. The first-order valence-corrected chi connectivity index (χ1v) is 8.17. The molecule has 0 bridgehead atoms. The van der Waals surface area contributed by atoms with Gasteiger partial charge in [-0.15, -0.1) is 0 Å². The zero-order chi connectivity index (χ0) is 17.8. The first-order chi connectivity index (χ1) is 12.1. The van der Waals surface area contributed by atoms with Crippen LogP contribution in [-0.4, -0.2) is 5.91 Å². The molecular formula is C19H18ClN3O2. The van der Waals surface area contributed by atoms with E-state index in [9.17, 15) is 4.79 Å². The smallest absolute Gasteiger partial charge is 0.301 e. The molecule has 1 aromatic heterocycles. The van der Waals surface area contributed by atoms with Gasteiger partial charge in [-0.25, -0.2) is 5.84 Å². The van der Waals surface area contributed by atoms with Crippen molar-refractivity contribution in [2.75, 3.05) is 5.32 Å². The van der Waals surface area contributed by atoms with E-state index >= 15 is 0 Å². The first-order valence-electron chi connectivity index (χ1n) is 7.79. The van der Waals surface area contributed by atoms with Crippen molar-refractivity contribution in [1.29, 1.82) is 0 Å². The van der Waals surface area contributed by atoms with Crippen molar-refractivity contribution in [2.45, 2.75) is 13.0 Å². The molecular weight excluding hydrogens is 338 g/mol. The van der Waals surface area contributed by atoms with Gasteiger partial charge in [-0.3, -0.25) is 10.2 Å². The highest BCUT2D eigenvalue weighted by atomic mass is 35.5. The van der Waals surface area contributed by atoms with Crippen LogP contribution in [0.1, 0.15) is 29.1 Å². The molecule has 0 radical (unpaired) electrons. The summed E-state index contributed by atoms with van der Waals surface area (Å²) in [4.78, 5) is 11.7. The van der Waals surface area contributed by atoms with E-state index in [1.807, 2.05) is 48.5 Å². The minimum atomic E-state index is -0.458. The lowest BCUT2D eigenvalue weighted by Gasteiger charge is -2.16. The molecule has 3 rings (SSSR count). The van der Waals surface area contributed by atoms with E-state index in [-0.39, 0.29) is 11.8 Å². The van der Waals surface area contributed by atoms with Crippen molar-refractivity contribution >= 4 is 23.2 Å². The number of furan rings is 1. The highest BCUT2D eigenvalue weighted by molar-refractivity contribution is 6.30. The number of halogens is 1. The Morgan fingerprint density at radius 1 is 1.16 bits per heavy atom. The maximum absolute atomic E-state index is 11.7. The van der Waals surface area contributed by atoms with Gasteiger partial charge in [0.05, 0.1) is 6.26 Å². The van der Waals surface area contributed by atoms with Crippen LogP contribution in [0.2, 0.25) is 5.02 Å². The van der Waals surface area contributed by atoms with Gasteiger partial charge in [-0.1, -0.05) is 41.9 Å². The number of nitrogens with two attached hydrogens (primary N) is 1. The highest BCUT2D eigenvalue weighted by Crippen LogP contribution is 2.27. The SMILES string of the molecule is CC(Nc1cccc(Cl)c1)c1ccc(-c2ccoc2C(=O)NN)cc1. The normalized spacial score (nSPS) is 11.8. The maximum Gasteiger partial charge on any atom is 0.301 e. The molecule has 0 aliphatic rings. The average Bonchev–Trinajstić information content (AvgIpc) is 3.11. The molecule has 6 heteroatoms. The van der Waals surface area contributed by atoms with Crippen LogP contribution in [0, 0.1) is 0 Å². The van der Waals surface area contributed by atoms with Crippen LogP contribution in [0.15, 0.2) is 65.3 Å². The predicted molar refractivity (Wildman–Crippen MR) is 99.3 cm³/mol. The van der Waals surface area contributed by atoms with Crippen molar-refractivity contribution in [3.8, 4) is 11.1 Å². The number of carbonyl (C=O) groups is 1. The zero-order valence-corrected chi connectivity index (χ0v) is 14.4. The number of nitrogen functional groups attached to an aromatic ring is 1. The Morgan fingerprint density at radius 2 is 1.92 bits per heavy atom. The van der Waals surface area contributed by atoms with Gasteiger partial charge >= 0.3 is 5.91 Å². The Hall–Kier alpha value is -2.76. The molecule has 1 atom stereocenters. The van der Waals surface area contributed by atoms with E-state index < -0.39 is 5.91 Å². The topological polar surface area (TPSA) is 80.3 Å². The zero-order valence-electron chi connectivity index (χ0n) is 13.6. The summed E-state index contributed by atoms with van der Waals surface area (Å²) in [5.41, 5.74) is 5.73. The molecule has 5 nitrogen and oxygen atoms in total. The monoisotopic (exact) mass is 355 g/mol. The number of nitrogens with one attached hydrogen (secondary N) is 2. The van der Waals surface area contributed by atoms with Crippen LogP contribution >= 0.6 is 11.6 Å². The van der Waals surface area contributed by atoms with Gasteiger partial charge in [0, 0.05) is 22.3 Å². The molecule has 3 aromatic rings. The molecule has 4 N–H and O–H groups in total. The van der Waals surface area contributed by atoms with Gasteiger partial charge in [-0.05, 0) is 42.3 Å². The fourth-order valence-corrected chi connectivity index (χ4v) is 2.83. The highest BCUT2D eigenvalue weighted by Gasteiger charge is 2.16. The van der Waals surface area contributed by atoms with Crippen LogP contribution in [-0.2, 0) is 0 Å². The van der Waals surface area contributed by atoms with Crippen molar-refractivity contribution < 1.29 is 9.21 Å². The first kappa shape index (κ1) is 17.1. The fourth-order valence-electron chi connectivity index (χ4n) is 2.64. The molecule has 0 saturated heterocycles. The summed E-state index contributed by atoms with van der Waals surface area (Å²) < 4.78 is 5.22. The summed E-state index contributed by atoms with van der Waals surface area (Å²) >= 11 is 6.01. The molecule has 0 spiro atoms. The lowest BCUT2D eigenvalue weighted by atomic mass is 10.0. The Morgan fingerprint density at radius 3 is 2.60 bits per heavy atom. The number of hydrogen-bond acceptors (Lipinski definition) is 4. The van der Waals surface area contributed by atoms with E-state index in [0.717, 1.165) is 16.8 Å². The van der Waals surface area contributed by atoms with E-state index in [2.05, 4.69) is 17.7 Å². The van der Waals surface area contributed by atoms with Crippen molar-refractivity contribution in [2.24, 2.45) is 5.84 Å². The molecule has 128 valence electrons. The maximum atomic E-state index is 11.7. The lowest BCUT2D eigenvalue weighted by molar-refractivity contribution is 0.0927. The summed E-state index contributed by atoms with van der Waals surface area (Å²) in [6.07, 6.45) is 1.47. The van der Waals surface area contributed by atoms with Crippen LogP contribution in [0.5, 0.6) is 0 Å². The molecule has 25 heavy (non-hydrogen) atoms. The average molecular weight is 356 g/mol. The molecule has 1 amide bonds. The number of carbonyl (C=O) groups excluding carboxylic acids is 1. The third-order valence-electron chi connectivity index (χ3n) is 3.93. The van der Waals surface area contributed by atoms with E-state index in [1.54, 1.807) is 6.07 Å². The van der Waals surface area contributed by atoms with Gasteiger partial charge in [0.25, 0.3) is 0 Å². The van der Waals surface area contributed by atoms with Crippen LogP contribution in [0.3, 0.4) is 0 Å². The number of hydrazine groups is 1. The number of amides is 1. The van der Waals surface area contributed by atoms with Gasteiger partial charge in [-0.2, -0.15) is 0 Å². The Labute approximate surface area is 150 Å². The standard InChI is InChI=1S/C19H18ClN3O2/c1-12(22-16-4-2-3-15(20)11-16)13-5-7-14(8-6-13)17-9-10-25-18(17)19(24)23-21/h2-12,22H,21H2,1H3,(H,23,24). The van der Waals surface area contributed by atoms with Crippen molar-refractivity contribution in [3.63, 3.8) is 0 Å². The van der Waals surface area contributed by atoms with E-state index in [0.29, 0.717) is 10.6 Å².